The van der Waals surface area contributed by atoms with Crippen LogP contribution < -0.4 is 9.64 Å². The minimum Gasteiger partial charge on any atom is -0.457 e. The number of rotatable bonds is 1. The number of para-hydroxylation sites is 3. The van der Waals surface area contributed by atoms with Crippen molar-refractivity contribution in [2.45, 2.75) is 26.2 Å². The summed E-state index contributed by atoms with van der Waals surface area (Å²) in [6.45, 7) is 6.71. The van der Waals surface area contributed by atoms with Crippen molar-refractivity contribution < 1.29 is 9.15 Å². The summed E-state index contributed by atoms with van der Waals surface area (Å²) in [6, 6.07) is 53.4. The lowest BCUT2D eigenvalue weighted by atomic mass is 9.60. The van der Waals surface area contributed by atoms with E-state index in [9.17, 15) is 0 Å². The Hall–Kier alpha value is -6.58. The summed E-state index contributed by atoms with van der Waals surface area (Å²) in [6.07, 6.45) is 0. The van der Waals surface area contributed by atoms with Gasteiger partial charge in [0.25, 0.3) is 0 Å². The van der Waals surface area contributed by atoms with Crippen molar-refractivity contribution in [3.8, 4) is 11.5 Å². The molecule has 0 unspecified atom stereocenters. The van der Waals surface area contributed by atoms with Crippen LogP contribution in [0.2, 0.25) is 0 Å². The Morgan fingerprint density at radius 3 is 1.85 bits per heavy atom. The topological polar surface area (TPSA) is 25.6 Å². The fourth-order valence-corrected chi connectivity index (χ4v) is 10.2. The highest BCUT2D eigenvalue weighted by Gasteiger charge is 2.53. The molecule has 3 heterocycles. The molecule has 2 aliphatic rings. The van der Waals surface area contributed by atoms with Crippen molar-refractivity contribution in [2.24, 2.45) is 0 Å². The average Bonchev–Trinajstić information content (AvgIpc) is 3.56. The fourth-order valence-electron chi connectivity index (χ4n) is 10.2. The zero-order valence-corrected chi connectivity index (χ0v) is 29.6. The highest BCUT2D eigenvalue weighted by Crippen LogP contribution is 2.66. The Kier molecular flexibility index (Phi) is 5.51. The van der Waals surface area contributed by atoms with Gasteiger partial charge in [-0.2, -0.15) is 0 Å². The summed E-state index contributed by atoms with van der Waals surface area (Å²) in [5.74, 6) is 1.74. The second kappa shape index (κ2) is 10.1. The summed E-state index contributed by atoms with van der Waals surface area (Å²) < 4.78 is 13.9. The van der Waals surface area contributed by atoms with Crippen LogP contribution in [0, 0.1) is 20.8 Å². The van der Waals surface area contributed by atoms with E-state index < -0.39 is 5.41 Å². The second-order valence-electron chi connectivity index (χ2n) is 15.0. The molecule has 3 nitrogen and oxygen atoms in total. The normalized spacial score (nSPS) is 14.2. The van der Waals surface area contributed by atoms with Crippen LogP contribution in [0.25, 0.3) is 54.3 Å². The van der Waals surface area contributed by atoms with Gasteiger partial charge < -0.3 is 14.1 Å². The molecule has 0 amide bonds. The molecule has 250 valence electrons. The first-order chi connectivity index (χ1) is 26.0. The molecule has 2 aliphatic heterocycles. The molecule has 0 saturated heterocycles. The number of furan rings is 1. The predicted octanol–water partition coefficient (Wildman–Crippen LogP) is 13.7. The number of nitrogens with zero attached hydrogens (tertiary/aromatic N) is 1. The lowest BCUT2D eigenvalue weighted by Gasteiger charge is -2.49. The molecule has 0 bridgehead atoms. The maximum absolute atomic E-state index is 7.08. The second-order valence-corrected chi connectivity index (χ2v) is 15.0. The first-order valence-corrected chi connectivity index (χ1v) is 18.4. The van der Waals surface area contributed by atoms with E-state index in [1.807, 2.05) is 0 Å². The molecule has 0 aliphatic carbocycles. The summed E-state index contributed by atoms with van der Waals surface area (Å²) in [5.41, 5.74) is 12.8. The van der Waals surface area contributed by atoms with Crippen LogP contribution in [0.1, 0.15) is 38.9 Å². The van der Waals surface area contributed by atoms with Gasteiger partial charge in [-0.3, -0.25) is 0 Å². The molecule has 9 aromatic carbocycles. The third-order valence-electron chi connectivity index (χ3n) is 12.1. The van der Waals surface area contributed by atoms with Crippen LogP contribution in [0.15, 0.2) is 150 Å². The van der Waals surface area contributed by atoms with E-state index in [1.165, 1.54) is 71.5 Å². The van der Waals surface area contributed by atoms with E-state index in [-0.39, 0.29) is 0 Å². The van der Waals surface area contributed by atoms with Crippen LogP contribution in [-0.4, -0.2) is 0 Å². The predicted molar refractivity (Wildman–Crippen MR) is 218 cm³/mol. The standard InChI is InChI=1S/C50H33NO2/c1-28-25-29(2)46(30(3)26-28)51-47-36-22-21-32-12-10-11-31-19-20-33(45(36)44(31)32)27-40(47)50(37-14-5-8-17-42(37)52-43-18-9-6-15-38(43)50)39-24-23-35-34-13-4-7-16-41(34)53-49(35)48(39)51/h4-27H,1-3H3. The van der Waals surface area contributed by atoms with Crippen molar-refractivity contribution in [3.05, 3.63) is 185 Å². The highest BCUT2D eigenvalue weighted by atomic mass is 16.5. The van der Waals surface area contributed by atoms with E-state index in [0.29, 0.717) is 0 Å². The van der Waals surface area contributed by atoms with Crippen molar-refractivity contribution in [1.82, 2.24) is 0 Å². The Bertz CT molecular complexity index is 3120. The molecule has 1 aromatic heterocycles. The van der Waals surface area contributed by atoms with Gasteiger partial charge in [-0.25, -0.2) is 0 Å². The van der Waals surface area contributed by atoms with E-state index >= 15 is 0 Å². The minimum absolute atomic E-state index is 0.725. The number of fused-ring (bicyclic) bond motifs is 13. The zero-order chi connectivity index (χ0) is 35.2. The number of hydrogen-bond donors (Lipinski definition) is 0. The number of anilines is 3. The molecule has 53 heavy (non-hydrogen) atoms. The average molecular weight is 680 g/mol. The quantitative estimate of drug-likeness (QED) is 0.162. The third-order valence-corrected chi connectivity index (χ3v) is 12.1. The zero-order valence-electron chi connectivity index (χ0n) is 29.6. The molecule has 12 rings (SSSR count). The lowest BCUT2D eigenvalue weighted by Crippen LogP contribution is -2.40. The summed E-state index contributed by atoms with van der Waals surface area (Å²) in [5, 5.41) is 9.77. The van der Waals surface area contributed by atoms with Gasteiger partial charge in [0.05, 0.1) is 22.5 Å². The van der Waals surface area contributed by atoms with Crippen LogP contribution >= 0.6 is 0 Å². The smallest absolute Gasteiger partial charge is 0.159 e. The van der Waals surface area contributed by atoms with Gasteiger partial charge >= 0.3 is 0 Å². The van der Waals surface area contributed by atoms with E-state index in [4.69, 9.17) is 9.15 Å². The van der Waals surface area contributed by atoms with Gasteiger partial charge in [0.2, 0.25) is 0 Å². The number of ether oxygens (including phenoxy) is 1. The Morgan fingerprint density at radius 2 is 1.09 bits per heavy atom. The molecule has 0 radical (unpaired) electrons. The first kappa shape index (κ1) is 29.0. The lowest BCUT2D eigenvalue weighted by molar-refractivity contribution is 0.434. The molecule has 1 spiro atoms. The molecule has 0 saturated carbocycles. The van der Waals surface area contributed by atoms with Crippen LogP contribution in [-0.2, 0) is 5.41 Å². The third kappa shape index (κ3) is 3.54. The van der Waals surface area contributed by atoms with Gasteiger partial charge in [0.15, 0.2) is 5.58 Å². The maximum Gasteiger partial charge on any atom is 0.159 e. The Labute approximate surface area is 306 Å². The van der Waals surface area contributed by atoms with Gasteiger partial charge in [0, 0.05) is 27.3 Å². The van der Waals surface area contributed by atoms with Crippen LogP contribution in [0.3, 0.4) is 0 Å². The molecule has 0 N–H and O–H groups in total. The minimum atomic E-state index is -0.725. The summed E-state index contributed by atoms with van der Waals surface area (Å²) in [4.78, 5) is 2.57. The highest BCUT2D eigenvalue weighted by molar-refractivity contribution is 6.27. The molecule has 0 fully saturated rings. The maximum atomic E-state index is 7.08. The van der Waals surface area contributed by atoms with Gasteiger partial charge in [-0.1, -0.05) is 121 Å². The summed E-state index contributed by atoms with van der Waals surface area (Å²) >= 11 is 0. The van der Waals surface area contributed by atoms with Gasteiger partial charge in [0.1, 0.15) is 17.1 Å². The molecule has 3 heteroatoms. The molecule has 0 atom stereocenters. The van der Waals surface area contributed by atoms with Gasteiger partial charge in [-0.05, 0) is 100 Å². The fraction of sp³-hybridized carbons (Fsp3) is 0.0800. The summed E-state index contributed by atoms with van der Waals surface area (Å²) in [7, 11) is 0. The SMILES string of the molecule is Cc1cc(C)c(N2c3c(cc4ccc5cccc6ccc3c4c56)C3(c4ccccc4Oc4ccccc43)c3ccc4c(oc5ccccc54)c32)c(C)c1. The number of hydrogen-bond acceptors (Lipinski definition) is 3. The monoisotopic (exact) mass is 679 g/mol. The first-order valence-electron chi connectivity index (χ1n) is 18.4. The van der Waals surface area contributed by atoms with Crippen LogP contribution in [0.5, 0.6) is 11.5 Å². The van der Waals surface area contributed by atoms with Gasteiger partial charge in [-0.15, -0.1) is 0 Å². The Balaban J connectivity index is 1.39. The molecular weight excluding hydrogens is 647 g/mol. The van der Waals surface area contributed by atoms with Crippen LogP contribution in [0.4, 0.5) is 17.1 Å². The van der Waals surface area contributed by atoms with Crippen molar-refractivity contribution in [1.29, 1.82) is 0 Å². The van der Waals surface area contributed by atoms with E-state index in [1.54, 1.807) is 0 Å². The number of aryl methyl sites for hydroxylation is 3. The Morgan fingerprint density at radius 1 is 0.453 bits per heavy atom. The molecule has 10 aromatic rings. The van der Waals surface area contributed by atoms with Crippen molar-refractivity contribution in [2.75, 3.05) is 4.90 Å². The largest absolute Gasteiger partial charge is 0.457 e. The van der Waals surface area contributed by atoms with E-state index in [0.717, 1.165) is 50.3 Å². The number of benzene rings is 9. The van der Waals surface area contributed by atoms with Crippen molar-refractivity contribution >= 4 is 71.3 Å². The molecular formula is C50H33NO2. The van der Waals surface area contributed by atoms with Crippen molar-refractivity contribution in [3.63, 3.8) is 0 Å². The van der Waals surface area contributed by atoms with E-state index in [2.05, 4.69) is 171 Å².